The number of aliphatic hydroxyl groups is 1. The van der Waals surface area contributed by atoms with E-state index in [-0.39, 0.29) is 18.9 Å². The lowest BCUT2D eigenvalue weighted by atomic mass is 10.1. The molecule has 3 aromatic rings. The Morgan fingerprint density at radius 2 is 2.17 bits per heavy atom. The molecule has 0 saturated heterocycles. The maximum Gasteiger partial charge on any atom is 0.223 e. The van der Waals surface area contributed by atoms with Crippen molar-refractivity contribution in [3.8, 4) is 0 Å². The molecule has 1 aromatic carbocycles. The van der Waals surface area contributed by atoms with Crippen LogP contribution in [0.2, 0.25) is 0 Å². The van der Waals surface area contributed by atoms with Gasteiger partial charge in [0.15, 0.2) is 5.65 Å². The highest BCUT2D eigenvalue weighted by atomic mass is 19.1. The number of halogens is 1. The average Bonchev–Trinajstić information content (AvgIpc) is 3.02. The van der Waals surface area contributed by atoms with Crippen molar-refractivity contribution < 1.29 is 14.3 Å². The molecule has 7 heteroatoms. The lowest BCUT2D eigenvalue weighted by molar-refractivity contribution is -0.123. The van der Waals surface area contributed by atoms with Gasteiger partial charge in [-0.2, -0.15) is 5.10 Å². The molecule has 0 fully saturated rings. The number of rotatable bonds is 5. The summed E-state index contributed by atoms with van der Waals surface area (Å²) >= 11 is 0. The average molecular weight is 314 g/mol. The smallest absolute Gasteiger partial charge is 0.223 e. The number of carbonyl (C=O) groups is 1. The van der Waals surface area contributed by atoms with Crippen molar-refractivity contribution in [1.82, 2.24) is 19.9 Å². The van der Waals surface area contributed by atoms with E-state index in [4.69, 9.17) is 0 Å². The molecule has 0 aliphatic carbocycles. The summed E-state index contributed by atoms with van der Waals surface area (Å²) in [6.07, 6.45) is 2.07. The quantitative estimate of drug-likeness (QED) is 0.750. The summed E-state index contributed by atoms with van der Waals surface area (Å²) in [5, 5.41) is 16.8. The summed E-state index contributed by atoms with van der Waals surface area (Å²) in [6.45, 7) is 0.259. The molecule has 0 aliphatic rings. The van der Waals surface area contributed by atoms with E-state index in [0.717, 1.165) is 5.69 Å². The van der Waals surface area contributed by atoms with Gasteiger partial charge in [0, 0.05) is 12.3 Å². The van der Waals surface area contributed by atoms with Crippen molar-refractivity contribution in [2.75, 3.05) is 0 Å². The molecule has 0 spiro atoms. The van der Waals surface area contributed by atoms with E-state index in [1.165, 1.54) is 18.2 Å². The van der Waals surface area contributed by atoms with Gasteiger partial charge in [0.05, 0.1) is 31.0 Å². The fourth-order valence-electron chi connectivity index (χ4n) is 2.29. The number of hydrogen-bond donors (Lipinski definition) is 2. The highest BCUT2D eigenvalue weighted by Crippen LogP contribution is 2.17. The number of fused-ring (bicyclic) bond motifs is 1. The third-order valence-corrected chi connectivity index (χ3v) is 3.45. The normalized spacial score (nSPS) is 12.3. The number of amides is 1. The second-order valence-corrected chi connectivity index (χ2v) is 5.09. The molecule has 1 amide bonds. The molecule has 6 nitrogen and oxygen atoms in total. The summed E-state index contributed by atoms with van der Waals surface area (Å²) in [5.74, 6) is -0.779. The van der Waals surface area contributed by atoms with Gasteiger partial charge in [0.25, 0.3) is 0 Å². The predicted molar refractivity (Wildman–Crippen MR) is 80.8 cm³/mol. The largest absolute Gasteiger partial charge is 0.388 e. The van der Waals surface area contributed by atoms with Gasteiger partial charge in [-0.3, -0.25) is 4.79 Å². The summed E-state index contributed by atoms with van der Waals surface area (Å²) in [5.41, 5.74) is 1.84. The molecule has 2 aromatic heterocycles. The Balaban J connectivity index is 1.60. The highest BCUT2D eigenvalue weighted by molar-refractivity contribution is 5.76. The van der Waals surface area contributed by atoms with E-state index < -0.39 is 11.9 Å². The minimum Gasteiger partial charge on any atom is -0.388 e. The number of nitrogens with one attached hydrogen (secondary N) is 1. The van der Waals surface area contributed by atoms with Crippen LogP contribution in [0, 0.1) is 5.82 Å². The van der Waals surface area contributed by atoms with E-state index in [1.54, 1.807) is 35.1 Å². The second-order valence-electron chi connectivity index (χ2n) is 5.09. The van der Waals surface area contributed by atoms with Gasteiger partial charge in [-0.05, 0) is 23.8 Å². The van der Waals surface area contributed by atoms with E-state index in [1.807, 2.05) is 0 Å². The Morgan fingerprint density at radius 3 is 3.00 bits per heavy atom. The van der Waals surface area contributed by atoms with Crippen LogP contribution in [0.25, 0.3) is 5.65 Å². The van der Waals surface area contributed by atoms with Gasteiger partial charge >= 0.3 is 0 Å². The molecular weight excluding hydrogens is 299 g/mol. The van der Waals surface area contributed by atoms with Crippen LogP contribution in [0.5, 0.6) is 0 Å². The molecule has 0 bridgehead atoms. The van der Waals surface area contributed by atoms with Gasteiger partial charge in [-0.25, -0.2) is 13.9 Å². The zero-order valence-corrected chi connectivity index (χ0v) is 12.2. The van der Waals surface area contributed by atoms with E-state index in [2.05, 4.69) is 15.4 Å². The van der Waals surface area contributed by atoms with Crippen molar-refractivity contribution in [3.05, 3.63) is 65.9 Å². The molecule has 118 valence electrons. The van der Waals surface area contributed by atoms with Crippen LogP contribution in [0.1, 0.15) is 23.8 Å². The van der Waals surface area contributed by atoms with Gasteiger partial charge in [-0.1, -0.05) is 12.1 Å². The van der Waals surface area contributed by atoms with E-state index in [0.29, 0.717) is 11.2 Å². The Bertz CT molecular complexity index is 834. The lowest BCUT2D eigenvalue weighted by Gasteiger charge is -2.12. The third-order valence-electron chi connectivity index (χ3n) is 3.45. The van der Waals surface area contributed by atoms with Crippen molar-refractivity contribution in [1.29, 1.82) is 0 Å². The van der Waals surface area contributed by atoms with Crippen LogP contribution in [-0.2, 0) is 11.3 Å². The Morgan fingerprint density at radius 1 is 1.30 bits per heavy atom. The number of carbonyl (C=O) groups excluding carboxylic acids is 1. The molecule has 23 heavy (non-hydrogen) atoms. The SMILES string of the molecule is O=C(CC(O)c1cccc(F)c1)NCc1ccnc2ccnn12. The first-order chi connectivity index (χ1) is 11.1. The Kier molecular flexibility index (Phi) is 4.29. The Hall–Kier alpha value is -2.80. The van der Waals surface area contributed by atoms with Crippen LogP contribution in [0.15, 0.2) is 48.8 Å². The first-order valence-corrected chi connectivity index (χ1v) is 7.11. The summed E-state index contributed by atoms with van der Waals surface area (Å²) in [6, 6.07) is 9.10. The molecule has 3 rings (SSSR count). The minimum atomic E-state index is -1.05. The number of benzene rings is 1. The number of aromatic nitrogens is 3. The van der Waals surface area contributed by atoms with Gasteiger partial charge in [0.2, 0.25) is 5.91 Å². The van der Waals surface area contributed by atoms with Crippen molar-refractivity contribution >= 4 is 11.6 Å². The molecule has 1 unspecified atom stereocenters. The standard InChI is InChI=1S/C16H15FN4O2/c17-12-3-1-2-11(8-12)14(22)9-16(23)19-10-13-4-6-18-15-5-7-20-21(13)15/h1-8,14,22H,9-10H2,(H,19,23). The first kappa shape index (κ1) is 15.1. The van der Waals surface area contributed by atoms with Crippen molar-refractivity contribution in [3.63, 3.8) is 0 Å². The molecule has 0 radical (unpaired) electrons. The van der Waals surface area contributed by atoms with Crippen LogP contribution in [0.4, 0.5) is 4.39 Å². The van der Waals surface area contributed by atoms with Gasteiger partial charge in [-0.15, -0.1) is 0 Å². The molecule has 0 saturated carbocycles. The van der Waals surface area contributed by atoms with Crippen LogP contribution < -0.4 is 5.32 Å². The number of hydrogen-bond acceptors (Lipinski definition) is 4. The minimum absolute atomic E-state index is 0.142. The van der Waals surface area contributed by atoms with Crippen molar-refractivity contribution in [2.45, 2.75) is 19.1 Å². The first-order valence-electron chi connectivity index (χ1n) is 7.11. The van der Waals surface area contributed by atoms with Crippen LogP contribution >= 0.6 is 0 Å². The van der Waals surface area contributed by atoms with E-state index >= 15 is 0 Å². The maximum atomic E-state index is 13.1. The van der Waals surface area contributed by atoms with Gasteiger partial charge < -0.3 is 10.4 Å². The maximum absolute atomic E-state index is 13.1. The molecule has 2 heterocycles. The fraction of sp³-hybridized carbons (Fsp3) is 0.188. The molecule has 1 atom stereocenters. The number of aliphatic hydroxyl groups excluding tert-OH is 1. The summed E-state index contributed by atoms with van der Waals surface area (Å²) in [7, 11) is 0. The monoisotopic (exact) mass is 314 g/mol. The fourth-order valence-corrected chi connectivity index (χ4v) is 2.29. The Labute approximate surface area is 131 Å². The van der Waals surface area contributed by atoms with Gasteiger partial charge in [0.1, 0.15) is 5.82 Å². The summed E-state index contributed by atoms with van der Waals surface area (Å²) in [4.78, 5) is 16.1. The number of nitrogens with zero attached hydrogens (tertiary/aromatic N) is 3. The zero-order chi connectivity index (χ0) is 16.2. The van der Waals surface area contributed by atoms with Crippen LogP contribution in [0.3, 0.4) is 0 Å². The lowest BCUT2D eigenvalue weighted by Crippen LogP contribution is -2.25. The molecule has 2 N–H and O–H groups in total. The van der Waals surface area contributed by atoms with E-state index in [9.17, 15) is 14.3 Å². The molecular formula is C16H15FN4O2. The molecule has 0 aliphatic heterocycles. The predicted octanol–water partition coefficient (Wildman–Crippen LogP) is 1.61. The highest BCUT2D eigenvalue weighted by Gasteiger charge is 2.14. The second kappa shape index (κ2) is 6.53. The zero-order valence-electron chi connectivity index (χ0n) is 12.2. The third kappa shape index (κ3) is 3.51. The topological polar surface area (TPSA) is 79.5 Å². The van der Waals surface area contributed by atoms with Crippen LogP contribution in [-0.4, -0.2) is 25.6 Å². The van der Waals surface area contributed by atoms with Crippen molar-refractivity contribution in [2.24, 2.45) is 0 Å². The summed E-state index contributed by atoms with van der Waals surface area (Å²) < 4.78 is 14.8.